The maximum absolute atomic E-state index is 14.5. The Morgan fingerprint density at radius 3 is 2.35 bits per heavy atom. The van der Waals surface area contributed by atoms with Crippen molar-refractivity contribution in [2.75, 3.05) is 48.8 Å². The lowest BCUT2D eigenvalue weighted by Gasteiger charge is -2.48. The van der Waals surface area contributed by atoms with Gasteiger partial charge in [-0.3, -0.25) is 15.1 Å². The molecule has 1 saturated heterocycles. The number of carbonyl (C=O) groups excluding carboxylic acids is 3. The second-order valence-corrected chi connectivity index (χ2v) is 23.3. The highest BCUT2D eigenvalue weighted by atomic mass is 28.4. The van der Waals surface area contributed by atoms with E-state index in [-0.39, 0.29) is 35.0 Å². The molecule has 0 spiro atoms. The molecule has 2 aliphatic rings. The predicted molar refractivity (Wildman–Crippen MR) is 241 cm³/mol. The van der Waals surface area contributed by atoms with E-state index in [1.54, 1.807) is 18.5 Å². The van der Waals surface area contributed by atoms with E-state index in [9.17, 15) is 14.4 Å². The number of nitrogens with zero attached hydrogens (tertiary/aromatic N) is 4. The minimum absolute atomic E-state index is 0.0155. The van der Waals surface area contributed by atoms with E-state index >= 15 is 0 Å². The van der Waals surface area contributed by atoms with Crippen LogP contribution >= 0.6 is 0 Å². The maximum Gasteiger partial charge on any atom is 0.412 e. The lowest BCUT2D eigenvalue weighted by atomic mass is 9.92. The molecule has 3 N–H and O–H groups in total. The maximum atomic E-state index is 14.5. The van der Waals surface area contributed by atoms with Crippen LogP contribution in [0.15, 0.2) is 79.1 Å². The number of ether oxygens (including phenoxy) is 2. The number of anilines is 3. The highest BCUT2D eigenvalue weighted by Gasteiger charge is 2.45. The quantitative estimate of drug-likeness (QED) is 0.132. The Kier molecular flexibility index (Phi) is 13.4. The summed E-state index contributed by atoms with van der Waals surface area (Å²) in [5, 5.41) is 9.70. The first-order valence-corrected chi connectivity index (χ1v) is 23.7. The smallest absolute Gasteiger partial charge is 0.412 e. The summed E-state index contributed by atoms with van der Waals surface area (Å²) in [5.74, 6) is -0.556. The first kappa shape index (κ1) is 44.2. The highest BCUT2D eigenvalue weighted by molar-refractivity contribution is 6.74. The molecule has 3 amide bonds. The minimum Gasteiger partial charge on any atom is -0.444 e. The predicted octanol–water partition coefficient (Wildman–Crippen LogP) is 9.09. The highest BCUT2D eigenvalue weighted by Crippen LogP contribution is 2.40. The standard InChI is InChI=1S/C46H61N7O6Si/c1-30-27-53(28-38(51-44(56)58-45(2,3)4)41(30)59-60(9,10)46(5,6)7)39-18-21-47-26-37(39)49-42(54)40-36(50-43(55)57-29-31-14-12-11-13-15-31)25-34-17-16-33(24-35(34)48-40)32-19-22-52(8)23-20-32/h11-19,21,24-26,30,38,41H,20,22-23,27-29H2,1-10H3,(H,49,54)(H,50,55)(H,51,56)/t30-,38+,41+/m0/s1. The zero-order chi connectivity index (χ0) is 43.4. The number of piperidine rings is 1. The Balaban J connectivity index is 1.31. The van der Waals surface area contributed by atoms with Gasteiger partial charge < -0.3 is 34.3 Å². The molecule has 13 nitrogen and oxygen atoms in total. The van der Waals surface area contributed by atoms with Crippen molar-refractivity contribution in [3.8, 4) is 0 Å². The van der Waals surface area contributed by atoms with E-state index < -0.39 is 38.1 Å². The molecule has 1 fully saturated rings. The number of amides is 3. The molecular formula is C46H61N7O6Si. The molecule has 60 heavy (non-hydrogen) atoms. The molecule has 0 unspecified atom stereocenters. The Labute approximate surface area is 355 Å². The molecule has 320 valence electrons. The van der Waals surface area contributed by atoms with Gasteiger partial charge in [-0.2, -0.15) is 0 Å². The zero-order valence-corrected chi connectivity index (χ0v) is 37.7. The number of likely N-dealkylation sites (N-methyl/N-ethyl adjacent to an activating group) is 1. The van der Waals surface area contributed by atoms with Gasteiger partial charge in [0.15, 0.2) is 14.0 Å². The van der Waals surface area contributed by atoms with Crippen LogP contribution in [-0.4, -0.2) is 92.3 Å². The number of hydrogen-bond acceptors (Lipinski definition) is 10. The Hall–Kier alpha value is -5.31. The van der Waals surface area contributed by atoms with Crippen LogP contribution in [0, 0.1) is 5.92 Å². The van der Waals surface area contributed by atoms with Crippen molar-refractivity contribution < 1.29 is 28.3 Å². The summed E-state index contributed by atoms with van der Waals surface area (Å²) in [6.45, 7) is 21.5. The third kappa shape index (κ3) is 11.1. The van der Waals surface area contributed by atoms with Gasteiger partial charge >= 0.3 is 12.2 Å². The molecule has 4 aromatic rings. The molecule has 2 aromatic heterocycles. The number of fused-ring (bicyclic) bond motifs is 1. The summed E-state index contributed by atoms with van der Waals surface area (Å²) in [7, 11) is -0.153. The monoisotopic (exact) mass is 835 g/mol. The van der Waals surface area contributed by atoms with Crippen LogP contribution in [0.5, 0.6) is 0 Å². The Morgan fingerprint density at radius 1 is 0.917 bits per heavy atom. The van der Waals surface area contributed by atoms with Crippen molar-refractivity contribution in [2.24, 2.45) is 5.92 Å². The van der Waals surface area contributed by atoms with Gasteiger partial charge in [-0.15, -0.1) is 0 Å². The van der Waals surface area contributed by atoms with E-state index in [4.69, 9.17) is 18.9 Å². The zero-order valence-electron chi connectivity index (χ0n) is 36.7. The summed E-state index contributed by atoms with van der Waals surface area (Å²) >= 11 is 0. The van der Waals surface area contributed by atoms with Crippen LogP contribution in [0.25, 0.3) is 16.5 Å². The van der Waals surface area contributed by atoms with Gasteiger partial charge in [0.25, 0.3) is 5.91 Å². The van der Waals surface area contributed by atoms with Crippen molar-refractivity contribution in [3.63, 3.8) is 0 Å². The lowest BCUT2D eigenvalue weighted by molar-refractivity contribution is 0.0336. The number of pyridine rings is 2. The number of alkyl carbamates (subject to hydrolysis) is 1. The molecule has 14 heteroatoms. The van der Waals surface area contributed by atoms with Gasteiger partial charge in [0, 0.05) is 43.7 Å². The van der Waals surface area contributed by atoms with E-state index in [2.05, 4.69) is 84.6 Å². The van der Waals surface area contributed by atoms with Gasteiger partial charge in [0.05, 0.1) is 40.9 Å². The topological polar surface area (TPSA) is 147 Å². The normalized spacial score (nSPS) is 19.0. The Morgan fingerprint density at radius 2 is 1.67 bits per heavy atom. The fourth-order valence-corrected chi connectivity index (χ4v) is 8.67. The molecule has 0 bridgehead atoms. The molecule has 3 atom stereocenters. The van der Waals surface area contributed by atoms with Crippen molar-refractivity contribution in [1.29, 1.82) is 0 Å². The number of hydrogen-bond donors (Lipinski definition) is 3. The number of nitrogens with one attached hydrogen (secondary N) is 3. The summed E-state index contributed by atoms with van der Waals surface area (Å²) in [4.78, 5) is 54.6. The second kappa shape index (κ2) is 18.1. The Bertz CT molecular complexity index is 2220. The van der Waals surface area contributed by atoms with Crippen LogP contribution in [0.3, 0.4) is 0 Å². The van der Waals surface area contributed by atoms with Crippen LogP contribution in [0.1, 0.15) is 76.5 Å². The summed E-state index contributed by atoms with van der Waals surface area (Å²) in [6, 6.07) is 18.5. The SMILES string of the molecule is C[C@H]1CN(c2ccncc2NC(=O)c2nc3cc(C4=CCN(C)CC4)ccc3cc2NC(=O)OCc2ccccc2)C[C@@H](NC(=O)OC(C)(C)C)[C@@H]1O[Si](C)(C)C(C)(C)C. The van der Waals surface area contributed by atoms with E-state index in [1.807, 2.05) is 75.4 Å². The van der Waals surface area contributed by atoms with Crippen molar-refractivity contribution in [3.05, 3.63) is 96.0 Å². The van der Waals surface area contributed by atoms with Gasteiger partial charge in [-0.05, 0) is 87.3 Å². The van der Waals surface area contributed by atoms with E-state index in [0.29, 0.717) is 30.0 Å². The largest absolute Gasteiger partial charge is 0.444 e. The molecular weight excluding hydrogens is 775 g/mol. The summed E-state index contributed by atoms with van der Waals surface area (Å²) < 4.78 is 18.3. The van der Waals surface area contributed by atoms with Gasteiger partial charge in [0.1, 0.15) is 12.2 Å². The van der Waals surface area contributed by atoms with Gasteiger partial charge in [-0.1, -0.05) is 76.2 Å². The number of aromatic nitrogens is 2. The number of rotatable bonds is 10. The average Bonchev–Trinajstić information content (AvgIpc) is 3.17. The fraction of sp³-hybridized carbons (Fsp3) is 0.457. The molecule has 6 rings (SSSR count). The van der Waals surface area contributed by atoms with E-state index in [1.165, 1.54) is 5.57 Å². The molecule has 0 radical (unpaired) electrons. The molecule has 4 heterocycles. The third-order valence-electron chi connectivity index (χ3n) is 11.5. The van der Waals surface area contributed by atoms with Crippen LogP contribution in [0.4, 0.5) is 26.7 Å². The first-order valence-electron chi connectivity index (χ1n) is 20.7. The number of benzene rings is 2. The van der Waals surface area contributed by atoms with Crippen LogP contribution < -0.4 is 20.9 Å². The van der Waals surface area contributed by atoms with Gasteiger partial charge in [-0.25, -0.2) is 14.6 Å². The summed E-state index contributed by atoms with van der Waals surface area (Å²) in [5.41, 5.74) is 4.39. The van der Waals surface area contributed by atoms with Crippen molar-refractivity contribution >= 4 is 59.9 Å². The van der Waals surface area contributed by atoms with Crippen molar-refractivity contribution in [1.82, 2.24) is 20.2 Å². The number of carbonyl (C=O) groups is 3. The van der Waals surface area contributed by atoms with Crippen molar-refractivity contribution in [2.45, 2.75) is 97.4 Å². The molecule has 0 saturated carbocycles. The molecule has 2 aromatic carbocycles. The minimum atomic E-state index is -2.25. The summed E-state index contributed by atoms with van der Waals surface area (Å²) in [6.07, 6.45) is 4.88. The second-order valence-electron chi connectivity index (χ2n) is 18.5. The third-order valence-corrected chi connectivity index (χ3v) is 15.9. The van der Waals surface area contributed by atoms with Crippen LogP contribution in [-0.2, 0) is 20.5 Å². The lowest BCUT2D eigenvalue weighted by Crippen LogP contribution is -2.63. The van der Waals surface area contributed by atoms with Crippen LogP contribution in [0.2, 0.25) is 18.1 Å². The average molecular weight is 836 g/mol. The molecule has 0 aliphatic carbocycles. The van der Waals surface area contributed by atoms with E-state index in [0.717, 1.165) is 36.0 Å². The van der Waals surface area contributed by atoms with Gasteiger partial charge in [0.2, 0.25) is 0 Å². The first-order chi connectivity index (χ1) is 28.3. The molecule has 2 aliphatic heterocycles. The fourth-order valence-electron chi connectivity index (χ4n) is 7.24.